The van der Waals surface area contributed by atoms with Crippen molar-refractivity contribution in [3.8, 4) is 11.5 Å². The van der Waals surface area contributed by atoms with Gasteiger partial charge in [0.15, 0.2) is 11.5 Å². The molecule has 0 aromatic heterocycles. The maximum absolute atomic E-state index is 9.24. The topological polar surface area (TPSA) is 50.7 Å². The van der Waals surface area contributed by atoms with Crippen LogP contribution in [0, 0.1) is 0 Å². The number of aliphatic hydroxyl groups excluding tert-OH is 1. The Morgan fingerprint density at radius 3 is 2.84 bits per heavy atom. The van der Waals surface area contributed by atoms with E-state index in [0.29, 0.717) is 13.2 Å². The Balaban J connectivity index is 1.95. The number of benzene rings is 1. The molecule has 0 fully saturated rings. The molecule has 1 aliphatic rings. The fraction of sp³-hybridized carbons (Fsp3) is 0.571. The molecule has 0 amide bonds. The van der Waals surface area contributed by atoms with Crippen LogP contribution in [0.3, 0.4) is 0 Å². The maximum Gasteiger partial charge on any atom is 0.162 e. The van der Waals surface area contributed by atoms with E-state index < -0.39 is 0 Å². The zero-order valence-electron chi connectivity index (χ0n) is 11.2. The smallest absolute Gasteiger partial charge is 0.162 e. The lowest BCUT2D eigenvalue weighted by Gasteiger charge is -2.15. The Kier molecular flexibility index (Phi) is 5.82. The molecule has 0 aliphatic carbocycles. The van der Waals surface area contributed by atoms with Crippen LogP contribution in [-0.2, 0) is 0 Å². The number of likely N-dealkylation sites (N-methyl/N-ethyl adjacent to an activating group) is 1. The van der Waals surface area contributed by atoms with Gasteiger partial charge in [0.05, 0.1) is 19.8 Å². The molecule has 1 aromatic rings. The third kappa shape index (κ3) is 4.30. The van der Waals surface area contributed by atoms with E-state index in [1.807, 2.05) is 25.1 Å². The van der Waals surface area contributed by atoms with Crippen LogP contribution in [0.1, 0.15) is 13.3 Å². The average Bonchev–Trinajstić information content (AvgIpc) is 2.68. The Bertz CT molecular complexity index is 400. The van der Waals surface area contributed by atoms with Gasteiger partial charge in [-0.1, -0.05) is 6.92 Å². The summed E-state index contributed by atoms with van der Waals surface area (Å²) in [7, 11) is 0. The first kappa shape index (κ1) is 14.5. The molecule has 1 aliphatic heterocycles. The van der Waals surface area contributed by atoms with Gasteiger partial charge in [-0.3, -0.25) is 0 Å². The Hall–Kier alpha value is -0.910. The second-order valence-corrected chi connectivity index (χ2v) is 5.50. The van der Waals surface area contributed by atoms with Crippen LogP contribution in [-0.4, -0.2) is 43.3 Å². The number of hydrogen-bond donors (Lipinski definition) is 2. The zero-order valence-corrected chi connectivity index (χ0v) is 12.0. The van der Waals surface area contributed by atoms with Gasteiger partial charge in [0, 0.05) is 23.1 Å². The van der Waals surface area contributed by atoms with Crippen molar-refractivity contribution in [2.24, 2.45) is 0 Å². The van der Waals surface area contributed by atoms with Gasteiger partial charge in [0.1, 0.15) is 0 Å². The minimum absolute atomic E-state index is 0.131. The zero-order chi connectivity index (χ0) is 13.5. The molecule has 1 unspecified atom stereocenters. The first-order valence-corrected chi connectivity index (χ1v) is 7.68. The Morgan fingerprint density at radius 1 is 1.32 bits per heavy atom. The summed E-state index contributed by atoms with van der Waals surface area (Å²) in [5, 5.41) is 12.5. The summed E-state index contributed by atoms with van der Waals surface area (Å²) in [5.41, 5.74) is 0. The van der Waals surface area contributed by atoms with Crippen LogP contribution >= 0.6 is 11.8 Å². The molecule has 1 aromatic carbocycles. The van der Waals surface area contributed by atoms with Crippen LogP contribution in [0.25, 0.3) is 0 Å². The summed E-state index contributed by atoms with van der Waals surface area (Å²) < 4.78 is 11.3. The molecule has 0 saturated heterocycles. The van der Waals surface area contributed by atoms with Gasteiger partial charge in [0.25, 0.3) is 0 Å². The predicted octanol–water partition coefficient (Wildman–Crippen LogP) is 1.91. The number of nitrogens with one attached hydrogen (secondary N) is 1. The molecular weight excluding hydrogens is 262 g/mol. The van der Waals surface area contributed by atoms with E-state index in [4.69, 9.17) is 9.47 Å². The lowest BCUT2D eigenvalue weighted by atomic mass is 10.3. The van der Waals surface area contributed by atoms with E-state index in [1.165, 1.54) is 0 Å². The quantitative estimate of drug-likeness (QED) is 0.781. The third-order valence-electron chi connectivity index (χ3n) is 2.88. The van der Waals surface area contributed by atoms with Gasteiger partial charge in [-0.15, -0.1) is 11.8 Å². The molecule has 19 heavy (non-hydrogen) atoms. The Morgan fingerprint density at radius 2 is 2.11 bits per heavy atom. The molecule has 0 bridgehead atoms. The van der Waals surface area contributed by atoms with Gasteiger partial charge < -0.3 is 19.9 Å². The summed E-state index contributed by atoms with van der Waals surface area (Å²) in [6, 6.07) is 6.15. The molecule has 1 atom stereocenters. The summed E-state index contributed by atoms with van der Waals surface area (Å²) in [5.74, 6) is 2.49. The van der Waals surface area contributed by atoms with Gasteiger partial charge in [-0.2, -0.15) is 0 Å². The highest BCUT2D eigenvalue weighted by atomic mass is 32.2. The summed E-state index contributed by atoms with van der Waals surface area (Å²) in [6.45, 7) is 4.49. The monoisotopic (exact) mass is 283 g/mol. The lowest BCUT2D eigenvalue weighted by Crippen LogP contribution is -2.34. The second kappa shape index (κ2) is 7.62. The summed E-state index contributed by atoms with van der Waals surface area (Å²) in [6.07, 6.45) is 0.921. The molecule has 2 N–H and O–H groups in total. The molecule has 5 heteroatoms. The van der Waals surface area contributed by atoms with E-state index >= 15 is 0 Å². The van der Waals surface area contributed by atoms with E-state index in [1.54, 1.807) is 11.8 Å². The Labute approximate surface area is 118 Å². The van der Waals surface area contributed by atoms with Crippen LogP contribution in [0.4, 0.5) is 0 Å². The highest BCUT2D eigenvalue weighted by Crippen LogP contribution is 2.33. The van der Waals surface area contributed by atoms with Crippen molar-refractivity contribution < 1.29 is 14.6 Å². The first-order valence-electron chi connectivity index (χ1n) is 6.70. The normalized spacial score (nSPS) is 15.9. The standard InChI is InChI=1S/C14H21NO3S/c1-2-15-11(9-16)10-19-12-4-5-13-14(8-12)18-7-3-6-17-13/h4-5,8,11,15-16H,2-3,6-7,9-10H2,1H3. The number of aliphatic hydroxyl groups is 1. The van der Waals surface area contributed by atoms with Crippen molar-refractivity contribution in [1.29, 1.82) is 0 Å². The summed E-state index contributed by atoms with van der Waals surface area (Å²) >= 11 is 1.71. The van der Waals surface area contributed by atoms with Crippen molar-refractivity contribution in [1.82, 2.24) is 5.32 Å². The lowest BCUT2D eigenvalue weighted by molar-refractivity contribution is 0.255. The van der Waals surface area contributed by atoms with Gasteiger partial charge in [-0.25, -0.2) is 0 Å². The van der Waals surface area contributed by atoms with E-state index in [9.17, 15) is 5.11 Å². The number of ether oxygens (including phenoxy) is 2. The fourth-order valence-corrected chi connectivity index (χ4v) is 2.87. The van der Waals surface area contributed by atoms with Crippen molar-refractivity contribution >= 4 is 11.8 Å². The molecule has 0 radical (unpaired) electrons. The van der Waals surface area contributed by atoms with Crippen LogP contribution in [0.5, 0.6) is 11.5 Å². The number of rotatable bonds is 6. The highest BCUT2D eigenvalue weighted by Gasteiger charge is 2.12. The minimum atomic E-state index is 0.131. The summed E-state index contributed by atoms with van der Waals surface area (Å²) in [4.78, 5) is 1.14. The maximum atomic E-state index is 9.24. The van der Waals surface area contributed by atoms with Gasteiger partial charge >= 0.3 is 0 Å². The SMILES string of the molecule is CCNC(CO)CSc1ccc2c(c1)OCCCO2. The average molecular weight is 283 g/mol. The van der Waals surface area contributed by atoms with Crippen LogP contribution in [0.2, 0.25) is 0 Å². The molecule has 0 saturated carbocycles. The van der Waals surface area contributed by atoms with Gasteiger partial charge in [0.2, 0.25) is 0 Å². The number of thioether (sulfide) groups is 1. The third-order valence-corrected chi connectivity index (χ3v) is 4.04. The van der Waals surface area contributed by atoms with E-state index in [2.05, 4.69) is 5.32 Å². The van der Waals surface area contributed by atoms with Gasteiger partial charge in [-0.05, 0) is 24.7 Å². The molecule has 1 heterocycles. The molecule has 106 valence electrons. The molecular formula is C14H21NO3S. The van der Waals surface area contributed by atoms with Crippen LogP contribution in [0.15, 0.2) is 23.1 Å². The van der Waals surface area contributed by atoms with Crippen molar-refractivity contribution in [2.45, 2.75) is 24.3 Å². The molecule has 4 nitrogen and oxygen atoms in total. The molecule has 0 spiro atoms. The molecule has 2 rings (SSSR count). The van der Waals surface area contributed by atoms with E-state index in [0.717, 1.165) is 35.1 Å². The number of hydrogen-bond acceptors (Lipinski definition) is 5. The minimum Gasteiger partial charge on any atom is -0.490 e. The first-order chi connectivity index (χ1) is 9.33. The van der Waals surface area contributed by atoms with Crippen molar-refractivity contribution in [3.05, 3.63) is 18.2 Å². The van der Waals surface area contributed by atoms with Crippen molar-refractivity contribution in [2.75, 3.05) is 32.1 Å². The van der Waals surface area contributed by atoms with Crippen molar-refractivity contribution in [3.63, 3.8) is 0 Å². The highest BCUT2D eigenvalue weighted by molar-refractivity contribution is 7.99. The number of fused-ring (bicyclic) bond motifs is 1. The van der Waals surface area contributed by atoms with E-state index in [-0.39, 0.29) is 12.6 Å². The second-order valence-electron chi connectivity index (χ2n) is 4.41. The fourth-order valence-electron chi connectivity index (χ4n) is 1.90. The largest absolute Gasteiger partial charge is 0.490 e. The van der Waals surface area contributed by atoms with Crippen LogP contribution < -0.4 is 14.8 Å². The predicted molar refractivity (Wildman–Crippen MR) is 77.3 cm³/mol.